The molecule has 0 N–H and O–H groups in total. The van der Waals surface area contributed by atoms with Gasteiger partial charge in [-0.2, -0.15) is 0 Å². The lowest BCUT2D eigenvalue weighted by Crippen LogP contribution is -2.28. The van der Waals surface area contributed by atoms with Crippen molar-refractivity contribution in [3.05, 3.63) is 0 Å². The quantitative estimate of drug-likeness (QED) is 0.634. The molecule has 0 aromatic heterocycles. The maximum Gasteiger partial charge on any atom is 0.347 e. The first-order chi connectivity index (χ1) is 6.52. The third-order valence-corrected chi connectivity index (χ3v) is 1.93. The molecule has 0 fully saturated rings. The van der Waals surface area contributed by atoms with Crippen molar-refractivity contribution in [1.82, 2.24) is 0 Å². The van der Waals surface area contributed by atoms with Crippen molar-refractivity contribution in [1.29, 1.82) is 0 Å². The Morgan fingerprint density at radius 3 is 2.14 bits per heavy atom. The molecule has 0 spiro atoms. The van der Waals surface area contributed by atoms with E-state index < -0.39 is 12.1 Å². The zero-order valence-electron chi connectivity index (χ0n) is 9.20. The average molecular weight is 202 g/mol. The Kier molecular flexibility index (Phi) is 5.92. The second-order valence-electron chi connectivity index (χ2n) is 3.14. The maximum absolute atomic E-state index is 11.3. The molecule has 2 atom stereocenters. The molecular weight excluding hydrogens is 184 g/mol. The van der Waals surface area contributed by atoms with Gasteiger partial charge in [-0.1, -0.05) is 13.8 Å². The molecule has 0 aliphatic carbocycles. The van der Waals surface area contributed by atoms with Crippen LogP contribution in [0, 0.1) is 5.92 Å². The van der Waals surface area contributed by atoms with E-state index in [-0.39, 0.29) is 11.9 Å². The van der Waals surface area contributed by atoms with E-state index in [1.54, 1.807) is 13.8 Å². The first kappa shape index (κ1) is 12.9. The van der Waals surface area contributed by atoms with E-state index in [4.69, 9.17) is 9.47 Å². The molecule has 0 saturated carbocycles. The smallest absolute Gasteiger partial charge is 0.347 e. The van der Waals surface area contributed by atoms with Gasteiger partial charge in [-0.25, -0.2) is 4.79 Å². The second kappa shape index (κ2) is 6.40. The van der Waals surface area contributed by atoms with Crippen LogP contribution in [0.1, 0.15) is 34.1 Å². The van der Waals surface area contributed by atoms with Crippen LogP contribution in [0.2, 0.25) is 0 Å². The Hall–Kier alpha value is -1.06. The highest BCUT2D eigenvalue weighted by Gasteiger charge is 2.21. The minimum Gasteiger partial charge on any atom is -0.463 e. The predicted octanol–water partition coefficient (Wildman–Crippen LogP) is 1.53. The lowest BCUT2D eigenvalue weighted by molar-refractivity contribution is -0.168. The summed E-state index contributed by atoms with van der Waals surface area (Å²) in [7, 11) is 0. The van der Waals surface area contributed by atoms with Crippen LogP contribution in [0.15, 0.2) is 0 Å². The Balaban J connectivity index is 3.99. The van der Waals surface area contributed by atoms with Crippen molar-refractivity contribution in [2.45, 2.75) is 40.2 Å². The van der Waals surface area contributed by atoms with Crippen LogP contribution in [-0.4, -0.2) is 24.6 Å². The molecule has 82 valence electrons. The molecule has 0 radical (unpaired) electrons. The Morgan fingerprint density at radius 1 is 1.14 bits per heavy atom. The molecule has 14 heavy (non-hydrogen) atoms. The molecule has 0 bridgehead atoms. The van der Waals surface area contributed by atoms with Gasteiger partial charge in [-0.15, -0.1) is 0 Å². The largest absolute Gasteiger partial charge is 0.463 e. The van der Waals surface area contributed by atoms with E-state index in [0.717, 1.165) is 0 Å². The van der Waals surface area contributed by atoms with Gasteiger partial charge in [0.15, 0.2) is 6.10 Å². The fraction of sp³-hybridized carbons (Fsp3) is 0.800. The first-order valence-electron chi connectivity index (χ1n) is 4.90. The lowest BCUT2D eigenvalue weighted by Gasteiger charge is -2.14. The van der Waals surface area contributed by atoms with Crippen molar-refractivity contribution in [2.24, 2.45) is 5.92 Å². The highest BCUT2D eigenvalue weighted by molar-refractivity contribution is 5.79. The minimum atomic E-state index is -0.809. The molecule has 0 aromatic rings. The van der Waals surface area contributed by atoms with Crippen LogP contribution in [0.4, 0.5) is 0 Å². The van der Waals surface area contributed by atoms with Crippen LogP contribution >= 0.6 is 0 Å². The first-order valence-corrected chi connectivity index (χ1v) is 4.90. The van der Waals surface area contributed by atoms with Gasteiger partial charge in [0.1, 0.15) is 0 Å². The molecule has 4 heteroatoms. The Morgan fingerprint density at radius 2 is 1.71 bits per heavy atom. The molecule has 0 rings (SSSR count). The summed E-state index contributed by atoms with van der Waals surface area (Å²) in [6, 6.07) is 0. The summed E-state index contributed by atoms with van der Waals surface area (Å²) in [5, 5.41) is 0. The standard InChI is InChI=1S/C10H18O4/c1-5-7(3)9(11)14-8(4)10(12)13-6-2/h7-8H,5-6H2,1-4H3/t7?,8-/m0/s1. The van der Waals surface area contributed by atoms with E-state index in [9.17, 15) is 9.59 Å². The maximum atomic E-state index is 11.3. The third kappa shape index (κ3) is 4.25. The van der Waals surface area contributed by atoms with Crippen LogP contribution in [0.25, 0.3) is 0 Å². The molecule has 1 unspecified atom stereocenters. The molecule has 0 amide bonds. The summed E-state index contributed by atoms with van der Waals surface area (Å²) in [5.41, 5.74) is 0. The minimum absolute atomic E-state index is 0.174. The van der Waals surface area contributed by atoms with Gasteiger partial charge in [-0.05, 0) is 20.3 Å². The topological polar surface area (TPSA) is 52.6 Å². The molecule has 0 heterocycles. The molecule has 0 saturated heterocycles. The summed E-state index contributed by atoms with van der Waals surface area (Å²) in [6.45, 7) is 7.17. The zero-order valence-corrected chi connectivity index (χ0v) is 9.20. The van der Waals surface area contributed by atoms with E-state index in [1.165, 1.54) is 6.92 Å². The van der Waals surface area contributed by atoms with E-state index in [2.05, 4.69) is 0 Å². The van der Waals surface area contributed by atoms with Crippen molar-refractivity contribution >= 4 is 11.9 Å². The number of rotatable bonds is 5. The predicted molar refractivity (Wildman–Crippen MR) is 51.6 cm³/mol. The van der Waals surface area contributed by atoms with Gasteiger partial charge in [0, 0.05) is 0 Å². The van der Waals surface area contributed by atoms with E-state index in [0.29, 0.717) is 13.0 Å². The number of ether oxygens (including phenoxy) is 2. The molecular formula is C10H18O4. The zero-order chi connectivity index (χ0) is 11.1. The van der Waals surface area contributed by atoms with Gasteiger partial charge in [-0.3, -0.25) is 4.79 Å². The number of hydrogen-bond donors (Lipinski definition) is 0. The normalized spacial score (nSPS) is 14.3. The van der Waals surface area contributed by atoms with Crippen molar-refractivity contribution in [3.8, 4) is 0 Å². The van der Waals surface area contributed by atoms with Crippen LogP contribution in [0.5, 0.6) is 0 Å². The van der Waals surface area contributed by atoms with Crippen molar-refractivity contribution < 1.29 is 19.1 Å². The molecule has 0 aromatic carbocycles. The average Bonchev–Trinajstić information content (AvgIpc) is 2.16. The fourth-order valence-electron chi connectivity index (χ4n) is 0.765. The Labute approximate surface area is 84.6 Å². The highest BCUT2D eigenvalue weighted by Crippen LogP contribution is 2.06. The van der Waals surface area contributed by atoms with Crippen molar-refractivity contribution in [3.63, 3.8) is 0 Å². The monoisotopic (exact) mass is 202 g/mol. The second-order valence-corrected chi connectivity index (χ2v) is 3.14. The van der Waals surface area contributed by atoms with Gasteiger partial charge >= 0.3 is 11.9 Å². The number of carbonyl (C=O) groups is 2. The summed E-state index contributed by atoms with van der Waals surface area (Å²) in [6.07, 6.45) is -0.106. The molecule has 0 aliphatic heterocycles. The summed E-state index contributed by atoms with van der Waals surface area (Å²) >= 11 is 0. The number of esters is 2. The number of carbonyl (C=O) groups excluding carboxylic acids is 2. The SMILES string of the molecule is CCOC(=O)[C@H](C)OC(=O)C(C)CC. The van der Waals surface area contributed by atoms with Crippen molar-refractivity contribution in [2.75, 3.05) is 6.61 Å². The highest BCUT2D eigenvalue weighted by atomic mass is 16.6. The van der Waals surface area contributed by atoms with Crippen LogP contribution < -0.4 is 0 Å². The van der Waals surface area contributed by atoms with Crippen LogP contribution in [0.3, 0.4) is 0 Å². The molecule has 4 nitrogen and oxygen atoms in total. The summed E-state index contributed by atoms with van der Waals surface area (Å²) < 4.78 is 9.61. The van der Waals surface area contributed by atoms with Crippen LogP contribution in [-0.2, 0) is 19.1 Å². The van der Waals surface area contributed by atoms with E-state index >= 15 is 0 Å². The summed E-state index contributed by atoms with van der Waals surface area (Å²) in [4.78, 5) is 22.4. The third-order valence-electron chi connectivity index (χ3n) is 1.93. The number of hydrogen-bond acceptors (Lipinski definition) is 4. The van der Waals surface area contributed by atoms with Gasteiger partial charge in [0.25, 0.3) is 0 Å². The molecule has 0 aliphatic rings. The van der Waals surface area contributed by atoms with Gasteiger partial charge < -0.3 is 9.47 Å². The fourth-order valence-corrected chi connectivity index (χ4v) is 0.765. The Bertz CT molecular complexity index is 200. The lowest BCUT2D eigenvalue weighted by atomic mass is 10.1. The van der Waals surface area contributed by atoms with E-state index in [1.807, 2.05) is 6.92 Å². The van der Waals surface area contributed by atoms with Gasteiger partial charge in [0.05, 0.1) is 12.5 Å². The van der Waals surface area contributed by atoms with Gasteiger partial charge in [0.2, 0.25) is 0 Å². The summed E-state index contributed by atoms with van der Waals surface area (Å²) in [5.74, 6) is -1.02.